The number of pyridine rings is 1. The summed E-state index contributed by atoms with van der Waals surface area (Å²) < 4.78 is 0. The van der Waals surface area contributed by atoms with Crippen molar-refractivity contribution in [3.8, 4) is 0 Å². The van der Waals surface area contributed by atoms with Gasteiger partial charge in [0.2, 0.25) is 0 Å². The zero-order chi connectivity index (χ0) is 18.2. The topological polar surface area (TPSA) is 40.7 Å². The van der Waals surface area contributed by atoms with Gasteiger partial charge in [0.1, 0.15) is 0 Å². The summed E-state index contributed by atoms with van der Waals surface area (Å²) in [6, 6.07) is 14.5. The van der Waals surface area contributed by atoms with Gasteiger partial charge in [-0.05, 0) is 67.5 Å². The number of aryl methyl sites for hydroxylation is 1. The predicted octanol–water partition coefficient (Wildman–Crippen LogP) is 5.90. The van der Waals surface area contributed by atoms with Gasteiger partial charge in [0.05, 0.1) is 5.52 Å². The average molecular weight is 376 g/mol. The maximum absolute atomic E-state index is 6.22. The molecular weight excluding hydrogens is 354 g/mol. The Hall–Kier alpha value is -2.52. The molecule has 1 aliphatic rings. The molecule has 0 radical (unpaired) electrons. The summed E-state index contributed by atoms with van der Waals surface area (Å²) in [5.41, 5.74) is 7.45. The van der Waals surface area contributed by atoms with Crippen LogP contribution in [-0.2, 0) is 19.3 Å². The summed E-state index contributed by atoms with van der Waals surface area (Å²) in [5, 5.41) is 6.98. The van der Waals surface area contributed by atoms with Crippen molar-refractivity contribution >= 4 is 39.1 Å². The summed E-state index contributed by atoms with van der Waals surface area (Å²) in [5.74, 6) is 0. The quantitative estimate of drug-likeness (QED) is 0.466. The fraction of sp³-hybridized carbons (Fsp3) is 0.261. The van der Waals surface area contributed by atoms with Crippen LogP contribution >= 0.6 is 11.6 Å². The third kappa shape index (κ3) is 3.06. The van der Waals surface area contributed by atoms with Crippen LogP contribution in [0.1, 0.15) is 29.7 Å². The van der Waals surface area contributed by atoms with Crippen molar-refractivity contribution in [3.05, 3.63) is 70.5 Å². The van der Waals surface area contributed by atoms with Gasteiger partial charge in [0.25, 0.3) is 0 Å². The van der Waals surface area contributed by atoms with E-state index in [0.717, 1.165) is 36.3 Å². The maximum Gasteiger partial charge on any atom is 0.0741 e. The monoisotopic (exact) mass is 375 g/mol. The van der Waals surface area contributed by atoms with Gasteiger partial charge in [0, 0.05) is 45.4 Å². The molecule has 0 amide bonds. The van der Waals surface area contributed by atoms with E-state index in [1.165, 1.54) is 51.6 Å². The number of halogens is 1. The minimum absolute atomic E-state index is 0.746. The smallest absolute Gasteiger partial charge is 0.0741 e. The number of rotatable bonds is 4. The molecule has 136 valence electrons. The minimum atomic E-state index is 0.746. The molecule has 0 saturated carbocycles. The van der Waals surface area contributed by atoms with E-state index in [-0.39, 0.29) is 0 Å². The number of aromatic nitrogens is 2. The molecule has 0 unspecified atom stereocenters. The molecular formula is C23H22ClN3. The highest BCUT2D eigenvalue weighted by Crippen LogP contribution is 2.34. The van der Waals surface area contributed by atoms with Gasteiger partial charge in [-0.25, -0.2) is 0 Å². The number of anilines is 1. The number of para-hydroxylation sites is 1. The lowest BCUT2D eigenvalue weighted by Crippen LogP contribution is -2.13. The Kier molecular flexibility index (Phi) is 4.25. The zero-order valence-corrected chi connectivity index (χ0v) is 15.9. The molecule has 4 heteroatoms. The number of nitrogens with zero attached hydrogens (tertiary/aromatic N) is 1. The molecule has 2 heterocycles. The number of nitrogens with one attached hydrogen (secondary N) is 2. The van der Waals surface area contributed by atoms with E-state index >= 15 is 0 Å². The van der Waals surface area contributed by atoms with Crippen molar-refractivity contribution < 1.29 is 0 Å². The standard InChI is InChI=1S/C23H22ClN3/c24-16-9-10-19-22(13-16)27-21-8-4-2-6-18(21)23(19)25-12-11-15-14-26-20-7-3-1-5-17(15)20/h1,3,5,7,9-10,13-14,26H,2,4,6,8,11-12H2,(H,25,27). The molecule has 4 aromatic rings. The highest BCUT2D eigenvalue weighted by atomic mass is 35.5. The van der Waals surface area contributed by atoms with Gasteiger partial charge in [-0.1, -0.05) is 29.8 Å². The van der Waals surface area contributed by atoms with E-state index in [1.807, 2.05) is 12.1 Å². The molecule has 0 fully saturated rings. The second-order valence-electron chi connectivity index (χ2n) is 7.32. The van der Waals surface area contributed by atoms with Crippen molar-refractivity contribution in [1.82, 2.24) is 9.97 Å². The first-order valence-electron chi connectivity index (χ1n) is 9.69. The maximum atomic E-state index is 6.22. The molecule has 2 aromatic heterocycles. The van der Waals surface area contributed by atoms with Crippen LogP contribution in [0.25, 0.3) is 21.8 Å². The molecule has 2 N–H and O–H groups in total. The van der Waals surface area contributed by atoms with Gasteiger partial charge in [-0.2, -0.15) is 0 Å². The van der Waals surface area contributed by atoms with Crippen LogP contribution in [0.15, 0.2) is 48.7 Å². The Bertz CT molecular complexity index is 1130. The molecule has 0 atom stereocenters. The first-order valence-corrected chi connectivity index (χ1v) is 10.1. The van der Waals surface area contributed by atoms with Crippen LogP contribution in [0.4, 0.5) is 5.69 Å². The summed E-state index contributed by atoms with van der Waals surface area (Å²) in [6.07, 6.45) is 7.75. The fourth-order valence-corrected chi connectivity index (χ4v) is 4.43. The summed E-state index contributed by atoms with van der Waals surface area (Å²) in [7, 11) is 0. The van der Waals surface area contributed by atoms with Gasteiger partial charge in [-0.15, -0.1) is 0 Å². The summed E-state index contributed by atoms with van der Waals surface area (Å²) in [4.78, 5) is 8.28. The second-order valence-corrected chi connectivity index (χ2v) is 7.75. The molecule has 0 spiro atoms. The number of hydrogen-bond donors (Lipinski definition) is 2. The van der Waals surface area contributed by atoms with E-state index in [1.54, 1.807) is 0 Å². The number of benzene rings is 2. The zero-order valence-electron chi connectivity index (χ0n) is 15.2. The lowest BCUT2D eigenvalue weighted by Gasteiger charge is -2.22. The molecule has 0 aliphatic heterocycles. The Morgan fingerprint density at radius 3 is 2.89 bits per heavy atom. The van der Waals surface area contributed by atoms with E-state index in [4.69, 9.17) is 16.6 Å². The Balaban J connectivity index is 1.47. The molecule has 0 bridgehead atoms. The van der Waals surface area contributed by atoms with Gasteiger partial charge < -0.3 is 10.3 Å². The van der Waals surface area contributed by atoms with Crippen molar-refractivity contribution in [3.63, 3.8) is 0 Å². The molecule has 2 aromatic carbocycles. The lowest BCUT2D eigenvalue weighted by molar-refractivity contribution is 0.672. The highest BCUT2D eigenvalue weighted by molar-refractivity contribution is 6.31. The minimum Gasteiger partial charge on any atom is -0.384 e. The Morgan fingerprint density at radius 1 is 1.04 bits per heavy atom. The van der Waals surface area contributed by atoms with Crippen LogP contribution in [0.2, 0.25) is 5.02 Å². The van der Waals surface area contributed by atoms with Crippen LogP contribution < -0.4 is 5.32 Å². The Labute approximate surface area is 163 Å². The fourth-order valence-electron chi connectivity index (χ4n) is 4.26. The normalized spacial score (nSPS) is 13.8. The number of aromatic amines is 1. The average Bonchev–Trinajstić information content (AvgIpc) is 3.10. The predicted molar refractivity (Wildman–Crippen MR) is 114 cm³/mol. The second kappa shape index (κ2) is 6.90. The molecule has 27 heavy (non-hydrogen) atoms. The molecule has 3 nitrogen and oxygen atoms in total. The summed E-state index contributed by atoms with van der Waals surface area (Å²) in [6.45, 7) is 0.899. The van der Waals surface area contributed by atoms with Gasteiger partial charge in [-0.3, -0.25) is 4.98 Å². The Morgan fingerprint density at radius 2 is 1.93 bits per heavy atom. The summed E-state index contributed by atoms with van der Waals surface area (Å²) >= 11 is 6.22. The number of H-pyrrole nitrogens is 1. The first-order chi connectivity index (χ1) is 13.3. The van der Waals surface area contributed by atoms with E-state index in [0.29, 0.717) is 0 Å². The molecule has 5 rings (SSSR count). The molecule has 0 saturated heterocycles. The van der Waals surface area contributed by atoms with Gasteiger partial charge >= 0.3 is 0 Å². The SMILES string of the molecule is Clc1ccc2c(NCCc3c[nH]c4ccccc34)c3c(nc2c1)CCCC3. The first kappa shape index (κ1) is 16.6. The number of fused-ring (bicyclic) bond motifs is 3. The largest absolute Gasteiger partial charge is 0.384 e. The van der Waals surface area contributed by atoms with E-state index in [9.17, 15) is 0 Å². The third-order valence-corrected chi connectivity index (χ3v) is 5.83. The van der Waals surface area contributed by atoms with Crippen LogP contribution in [0.3, 0.4) is 0 Å². The van der Waals surface area contributed by atoms with E-state index < -0.39 is 0 Å². The lowest BCUT2D eigenvalue weighted by atomic mass is 9.92. The number of hydrogen-bond acceptors (Lipinski definition) is 2. The van der Waals surface area contributed by atoms with Crippen LogP contribution in [-0.4, -0.2) is 16.5 Å². The van der Waals surface area contributed by atoms with Crippen LogP contribution in [0, 0.1) is 0 Å². The van der Waals surface area contributed by atoms with Crippen molar-refractivity contribution in [2.75, 3.05) is 11.9 Å². The van der Waals surface area contributed by atoms with Gasteiger partial charge in [0.15, 0.2) is 0 Å². The van der Waals surface area contributed by atoms with Crippen LogP contribution in [0.5, 0.6) is 0 Å². The van der Waals surface area contributed by atoms with Crippen molar-refractivity contribution in [2.24, 2.45) is 0 Å². The third-order valence-electron chi connectivity index (χ3n) is 5.60. The molecule has 1 aliphatic carbocycles. The van der Waals surface area contributed by atoms with Crippen molar-refractivity contribution in [2.45, 2.75) is 32.1 Å². The highest BCUT2D eigenvalue weighted by Gasteiger charge is 2.18. The van der Waals surface area contributed by atoms with Crippen molar-refractivity contribution in [1.29, 1.82) is 0 Å². The van der Waals surface area contributed by atoms with E-state index in [2.05, 4.69) is 46.8 Å².